The molecule has 3 rings (SSSR count). The summed E-state index contributed by atoms with van der Waals surface area (Å²) >= 11 is 12.2. The third-order valence-corrected chi connectivity index (χ3v) is 4.02. The highest BCUT2D eigenvalue weighted by atomic mass is 35.5. The van der Waals surface area contributed by atoms with E-state index in [2.05, 4.69) is 6.58 Å². The van der Waals surface area contributed by atoms with Crippen LogP contribution in [0, 0.1) is 0 Å². The minimum Gasteiger partial charge on any atom is -0.383 e. The number of halogens is 2. The molecular weight excluding hydrogens is 293 g/mol. The van der Waals surface area contributed by atoms with Gasteiger partial charge in [0.1, 0.15) is 17.3 Å². The fraction of sp³-hybridized carbons (Fsp3) is 0.267. The Hall–Kier alpha value is -1.45. The van der Waals surface area contributed by atoms with Gasteiger partial charge < -0.3 is 10.3 Å². The molecule has 3 nitrogen and oxygen atoms in total. The van der Waals surface area contributed by atoms with E-state index in [-0.39, 0.29) is 0 Å². The molecule has 1 heterocycles. The maximum absolute atomic E-state index is 6.26. The van der Waals surface area contributed by atoms with E-state index in [1.54, 1.807) is 12.1 Å². The minimum atomic E-state index is 0.511. The highest BCUT2D eigenvalue weighted by Crippen LogP contribution is 2.43. The number of benzene rings is 1. The molecule has 0 bridgehead atoms. The van der Waals surface area contributed by atoms with E-state index in [4.69, 9.17) is 33.9 Å². The quantitative estimate of drug-likeness (QED) is 0.845. The number of nitrogens with zero attached hydrogens (tertiary/aromatic N) is 2. The second-order valence-electron chi connectivity index (χ2n) is 5.00. The average Bonchev–Trinajstić information content (AvgIpc) is 3.19. The van der Waals surface area contributed by atoms with Crippen molar-refractivity contribution in [2.45, 2.75) is 25.3 Å². The Morgan fingerprint density at radius 2 is 2.15 bits per heavy atom. The predicted molar refractivity (Wildman–Crippen MR) is 84.3 cm³/mol. The fourth-order valence-electron chi connectivity index (χ4n) is 2.34. The van der Waals surface area contributed by atoms with Crippen LogP contribution in [0.4, 0.5) is 5.82 Å². The molecule has 0 unspecified atom stereocenters. The lowest BCUT2D eigenvalue weighted by Gasteiger charge is -2.06. The molecule has 0 atom stereocenters. The second-order valence-corrected chi connectivity index (χ2v) is 5.85. The van der Waals surface area contributed by atoms with Gasteiger partial charge in [-0.3, -0.25) is 0 Å². The van der Waals surface area contributed by atoms with Crippen molar-refractivity contribution in [2.75, 3.05) is 5.73 Å². The Morgan fingerprint density at radius 3 is 2.75 bits per heavy atom. The average molecular weight is 308 g/mol. The molecule has 20 heavy (non-hydrogen) atoms. The van der Waals surface area contributed by atoms with Crippen molar-refractivity contribution in [1.82, 2.24) is 9.55 Å². The molecule has 0 saturated heterocycles. The first-order valence-corrected chi connectivity index (χ1v) is 7.29. The van der Waals surface area contributed by atoms with E-state index in [1.165, 1.54) is 12.8 Å². The maximum atomic E-state index is 6.26. The third-order valence-electron chi connectivity index (χ3n) is 3.48. The van der Waals surface area contributed by atoms with Crippen molar-refractivity contribution in [3.05, 3.63) is 46.7 Å². The van der Waals surface area contributed by atoms with Crippen LogP contribution in [0.1, 0.15) is 24.6 Å². The summed E-state index contributed by atoms with van der Waals surface area (Å²) < 4.78 is 2.02. The highest BCUT2D eigenvalue weighted by Gasteiger charge is 2.31. The largest absolute Gasteiger partial charge is 0.383 e. The summed E-state index contributed by atoms with van der Waals surface area (Å²) in [6.45, 7) is 4.44. The maximum Gasteiger partial charge on any atom is 0.132 e. The van der Waals surface area contributed by atoms with Gasteiger partial charge in [-0.05, 0) is 31.0 Å². The second kappa shape index (κ2) is 5.15. The molecule has 104 valence electrons. The van der Waals surface area contributed by atoms with Gasteiger partial charge in [0.25, 0.3) is 0 Å². The molecule has 1 aromatic carbocycles. The zero-order valence-electron chi connectivity index (χ0n) is 10.9. The first kappa shape index (κ1) is 13.5. The molecular formula is C15H15Cl2N3. The van der Waals surface area contributed by atoms with Crippen LogP contribution in [0.5, 0.6) is 0 Å². The summed E-state index contributed by atoms with van der Waals surface area (Å²) in [5.74, 6) is 2.18. The van der Waals surface area contributed by atoms with E-state index < -0.39 is 0 Å². The predicted octanol–water partition coefficient (Wildman–Crippen LogP) is 4.50. The monoisotopic (exact) mass is 307 g/mol. The lowest BCUT2D eigenvalue weighted by molar-refractivity contribution is 0.750. The Labute approximate surface area is 128 Å². The van der Waals surface area contributed by atoms with Crippen LogP contribution in [0.3, 0.4) is 0 Å². The van der Waals surface area contributed by atoms with Gasteiger partial charge in [-0.15, -0.1) is 6.58 Å². The Balaban J connectivity index is 2.13. The van der Waals surface area contributed by atoms with Crippen LogP contribution in [0.25, 0.3) is 11.3 Å². The molecule has 2 aromatic rings. The zero-order chi connectivity index (χ0) is 14.3. The highest BCUT2D eigenvalue weighted by molar-refractivity contribution is 6.36. The van der Waals surface area contributed by atoms with Crippen LogP contribution < -0.4 is 5.73 Å². The normalized spacial score (nSPS) is 14.5. The summed E-state index contributed by atoms with van der Waals surface area (Å²) in [5.41, 5.74) is 7.81. The first-order valence-electron chi connectivity index (χ1n) is 6.54. The third kappa shape index (κ3) is 2.32. The molecule has 1 fully saturated rings. The van der Waals surface area contributed by atoms with Crippen molar-refractivity contribution in [1.29, 1.82) is 0 Å². The molecule has 0 spiro atoms. The van der Waals surface area contributed by atoms with E-state index in [0.29, 0.717) is 28.3 Å². The van der Waals surface area contributed by atoms with E-state index >= 15 is 0 Å². The number of hydrogen-bond donors (Lipinski definition) is 1. The summed E-state index contributed by atoms with van der Waals surface area (Å²) in [6.07, 6.45) is 4.17. The van der Waals surface area contributed by atoms with E-state index in [1.807, 2.05) is 16.7 Å². The molecule has 0 radical (unpaired) electrons. The van der Waals surface area contributed by atoms with Crippen molar-refractivity contribution >= 4 is 29.0 Å². The van der Waals surface area contributed by atoms with Gasteiger partial charge in [-0.1, -0.05) is 29.3 Å². The van der Waals surface area contributed by atoms with Gasteiger partial charge in [0.15, 0.2) is 0 Å². The molecule has 1 aromatic heterocycles. The van der Waals surface area contributed by atoms with Gasteiger partial charge in [-0.25, -0.2) is 4.98 Å². The van der Waals surface area contributed by atoms with Crippen LogP contribution >= 0.6 is 23.2 Å². The van der Waals surface area contributed by atoms with Crippen molar-refractivity contribution in [3.63, 3.8) is 0 Å². The minimum absolute atomic E-state index is 0.511. The van der Waals surface area contributed by atoms with Crippen molar-refractivity contribution in [3.8, 4) is 11.3 Å². The first-order chi connectivity index (χ1) is 9.61. The molecule has 1 aliphatic carbocycles. The number of nitrogens with two attached hydrogens (primary N) is 1. The summed E-state index contributed by atoms with van der Waals surface area (Å²) in [4.78, 5) is 4.71. The van der Waals surface area contributed by atoms with Gasteiger partial charge in [0.05, 0.1) is 5.02 Å². The zero-order valence-corrected chi connectivity index (χ0v) is 12.5. The summed E-state index contributed by atoms with van der Waals surface area (Å²) in [5, 5.41) is 1.17. The summed E-state index contributed by atoms with van der Waals surface area (Å²) in [6, 6.07) is 5.37. The number of anilines is 1. The number of rotatable bonds is 4. The Kier molecular flexibility index (Phi) is 3.48. The SMILES string of the molecule is C=CCn1c(C2CC2)nc(-c2ccc(Cl)cc2Cl)c1N. The van der Waals surface area contributed by atoms with Crippen LogP contribution in [-0.2, 0) is 6.54 Å². The fourth-order valence-corrected chi connectivity index (χ4v) is 2.84. The lowest BCUT2D eigenvalue weighted by Crippen LogP contribution is -2.05. The van der Waals surface area contributed by atoms with Crippen LogP contribution in [0.2, 0.25) is 10.0 Å². The molecule has 1 aliphatic rings. The van der Waals surface area contributed by atoms with E-state index in [0.717, 1.165) is 17.1 Å². The Morgan fingerprint density at radius 1 is 1.40 bits per heavy atom. The van der Waals surface area contributed by atoms with Crippen molar-refractivity contribution in [2.24, 2.45) is 0 Å². The summed E-state index contributed by atoms with van der Waals surface area (Å²) in [7, 11) is 0. The molecule has 2 N–H and O–H groups in total. The standard InChI is InChI=1S/C15H15Cl2N3/c1-2-7-20-14(18)13(19-15(20)9-3-4-9)11-6-5-10(16)8-12(11)17/h2,5-6,8-9H,1,3-4,7,18H2. The van der Waals surface area contributed by atoms with Gasteiger partial charge >= 0.3 is 0 Å². The Bertz CT molecular complexity index is 672. The van der Waals surface area contributed by atoms with Crippen molar-refractivity contribution < 1.29 is 0 Å². The van der Waals surface area contributed by atoms with Gasteiger partial charge in [0.2, 0.25) is 0 Å². The molecule has 5 heteroatoms. The molecule has 0 aliphatic heterocycles. The topological polar surface area (TPSA) is 43.8 Å². The van der Waals surface area contributed by atoms with E-state index in [9.17, 15) is 0 Å². The lowest BCUT2D eigenvalue weighted by atomic mass is 10.1. The van der Waals surface area contributed by atoms with Gasteiger partial charge in [0, 0.05) is 23.0 Å². The number of allylic oxidation sites excluding steroid dienone is 1. The number of aromatic nitrogens is 2. The number of hydrogen-bond acceptors (Lipinski definition) is 2. The van der Waals surface area contributed by atoms with Gasteiger partial charge in [-0.2, -0.15) is 0 Å². The number of imidazole rings is 1. The van der Waals surface area contributed by atoms with Crippen LogP contribution in [-0.4, -0.2) is 9.55 Å². The van der Waals surface area contributed by atoms with Crippen LogP contribution in [0.15, 0.2) is 30.9 Å². The molecule has 0 amide bonds. The number of nitrogen functional groups attached to an aromatic ring is 1. The molecule has 1 saturated carbocycles. The smallest absolute Gasteiger partial charge is 0.132 e.